The minimum Gasteiger partial charge on any atom is -0.335 e. The van der Waals surface area contributed by atoms with Crippen molar-refractivity contribution in [3.63, 3.8) is 0 Å². The first-order chi connectivity index (χ1) is 15.8. The molecular formula is C23H13FN8. The third-order valence-corrected chi connectivity index (χ3v) is 5.86. The highest BCUT2D eigenvalue weighted by atomic mass is 19.1. The topological polar surface area (TPSA) is 109 Å². The van der Waals surface area contributed by atoms with E-state index in [1.54, 1.807) is 36.9 Å². The van der Waals surface area contributed by atoms with Crippen LogP contribution in [0, 0.1) is 5.82 Å². The summed E-state index contributed by atoms with van der Waals surface area (Å²) in [4.78, 5) is 25.5. The van der Waals surface area contributed by atoms with E-state index in [0.29, 0.717) is 11.5 Å². The number of nitrogens with zero attached hydrogens (tertiary/aromatic N) is 6. The molecule has 0 radical (unpaired) electrons. The van der Waals surface area contributed by atoms with Gasteiger partial charge in [0.15, 0.2) is 11.5 Å². The van der Waals surface area contributed by atoms with Crippen LogP contribution in [0.1, 0.15) is 11.3 Å². The van der Waals surface area contributed by atoms with Crippen molar-refractivity contribution in [1.82, 2.24) is 40.1 Å². The van der Waals surface area contributed by atoms with Crippen molar-refractivity contribution in [2.24, 2.45) is 0 Å². The number of hydrogen-bond donors (Lipinski definition) is 2. The van der Waals surface area contributed by atoms with E-state index in [9.17, 15) is 4.39 Å². The predicted molar refractivity (Wildman–Crippen MR) is 116 cm³/mol. The number of pyridine rings is 2. The molecule has 8 nitrogen and oxygen atoms in total. The van der Waals surface area contributed by atoms with Gasteiger partial charge in [0.1, 0.15) is 17.8 Å². The van der Waals surface area contributed by atoms with Crippen LogP contribution in [0.15, 0.2) is 55.4 Å². The number of halogens is 1. The Bertz CT molecular complexity index is 1650. The van der Waals surface area contributed by atoms with Crippen molar-refractivity contribution in [2.45, 2.75) is 6.42 Å². The van der Waals surface area contributed by atoms with E-state index in [4.69, 9.17) is 9.97 Å². The van der Waals surface area contributed by atoms with Crippen LogP contribution in [0.25, 0.3) is 55.8 Å². The van der Waals surface area contributed by atoms with Gasteiger partial charge in [0, 0.05) is 41.7 Å². The molecule has 6 aromatic rings. The van der Waals surface area contributed by atoms with Crippen LogP contribution in [-0.4, -0.2) is 40.1 Å². The Labute approximate surface area is 179 Å². The molecule has 5 aromatic heterocycles. The maximum atomic E-state index is 13.4. The number of benzene rings is 1. The number of nitrogens with one attached hydrogen (secondary N) is 2. The molecule has 0 atom stereocenters. The standard InChI is InChI=1S/C23H13FN8/c24-13-3-1-11(2-4-13)15-8-25-9-17-20(15)30-23(29-17)21-19-14-5-16(28-22(19)32-31-21)18(14)12-6-26-10-27-7-12/h1-4,6-10H,5H2,(H,29,30)(H,28,31,32). The Hall–Kier alpha value is -4.53. The summed E-state index contributed by atoms with van der Waals surface area (Å²) in [5.74, 6) is 0.362. The SMILES string of the molecule is Fc1ccc(-c2cncc3[nH]c(-c4[nH]nc5nc6c(-c7cncnc7)c(c45)C6)nc23)cc1. The largest absolute Gasteiger partial charge is 0.335 e. The van der Waals surface area contributed by atoms with Crippen LogP contribution in [0.4, 0.5) is 4.39 Å². The first kappa shape index (κ1) is 17.2. The van der Waals surface area contributed by atoms with E-state index in [1.807, 2.05) is 0 Å². The smallest absolute Gasteiger partial charge is 0.182 e. The predicted octanol–water partition coefficient (Wildman–Crippen LogP) is 4.06. The average molecular weight is 420 g/mol. The summed E-state index contributed by atoms with van der Waals surface area (Å²) in [6.45, 7) is 0. The summed E-state index contributed by atoms with van der Waals surface area (Å²) < 4.78 is 13.4. The zero-order chi connectivity index (χ0) is 21.2. The number of imidazole rings is 1. The molecular weight excluding hydrogens is 407 g/mol. The summed E-state index contributed by atoms with van der Waals surface area (Å²) in [5, 5.41) is 8.45. The van der Waals surface area contributed by atoms with Gasteiger partial charge < -0.3 is 4.98 Å². The Balaban J connectivity index is 1.42. The molecule has 2 N–H and O–H groups in total. The Kier molecular flexibility index (Phi) is 3.35. The van der Waals surface area contributed by atoms with Gasteiger partial charge in [-0.1, -0.05) is 12.1 Å². The summed E-state index contributed by atoms with van der Waals surface area (Å²) in [6, 6.07) is 6.31. The fourth-order valence-corrected chi connectivity index (χ4v) is 4.38. The molecule has 2 aliphatic rings. The Morgan fingerprint density at radius 2 is 1.72 bits per heavy atom. The average Bonchev–Trinajstić information content (AvgIpc) is 3.44. The molecule has 0 spiro atoms. The maximum absolute atomic E-state index is 13.4. The molecule has 0 amide bonds. The highest BCUT2D eigenvalue weighted by Gasteiger charge is 2.30. The quantitative estimate of drug-likeness (QED) is 0.446. The van der Waals surface area contributed by atoms with Crippen LogP contribution in [-0.2, 0) is 6.42 Å². The van der Waals surface area contributed by atoms with Crippen LogP contribution < -0.4 is 0 Å². The third-order valence-electron chi connectivity index (χ3n) is 5.86. The number of fused-ring (bicyclic) bond motifs is 1. The fourth-order valence-electron chi connectivity index (χ4n) is 4.38. The zero-order valence-electron chi connectivity index (χ0n) is 16.5. The molecule has 1 aliphatic heterocycles. The third kappa shape index (κ3) is 2.36. The normalized spacial score (nSPS) is 12.4. The lowest BCUT2D eigenvalue weighted by Crippen LogP contribution is -2.12. The molecule has 0 saturated heterocycles. The monoisotopic (exact) mass is 420 g/mol. The van der Waals surface area contributed by atoms with Crippen molar-refractivity contribution < 1.29 is 4.39 Å². The first-order valence-electron chi connectivity index (χ1n) is 10.0. The number of hydrogen-bond acceptors (Lipinski definition) is 6. The molecule has 0 saturated carbocycles. The molecule has 32 heavy (non-hydrogen) atoms. The lowest BCUT2D eigenvalue weighted by molar-refractivity contribution is 0.628. The van der Waals surface area contributed by atoms with Crippen molar-refractivity contribution >= 4 is 22.1 Å². The minimum atomic E-state index is -0.283. The van der Waals surface area contributed by atoms with Gasteiger partial charge in [0.2, 0.25) is 0 Å². The number of aromatic amines is 2. The molecule has 0 fully saturated rings. The van der Waals surface area contributed by atoms with Crippen LogP contribution in [0.5, 0.6) is 0 Å². The first-order valence-corrected chi connectivity index (χ1v) is 10.0. The lowest BCUT2D eigenvalue weighted by Gasteiger charge is -2.23. The zero-order valence-corrected chi connectivity index (χ0v) is 16.5. The fraction of sp³-hybridized carbons (Fsp3) is 0.0435. The van der Waals surface area contributed by atoms with Gasteiger partial charge in [-0.2, -0.15) is 5.10 Å². The summed E-state index contributed by atoms with van der Waals surface area (Å²) in [7, 11) is 0. The van der Waals surface area contributed by atoms with Gasteiger partial charge in [-0.15, -0.1) is 0 Å². The second kappa shape index (κ2) is 6.24. The molecule has 6 heterocycles. The van der Waals surface area contributed by atoms with E-state index in [2.05, 4.69) is 30.1 Å². The van der Waals surface area contributed by atoms with Crippen molar-refractivity contribution in [2.75, 3.05) is 0 Å². The molecule has 2 bridgehead atoms. The van der Waals surface area contributed by atoms with Gasteiger partial charge >= 0.3 is 0 Å². The minimum absolute atomic E-state index is 0.283. The van der Waals surface area contributed by atoms with Gasteiger partial charge in [-0.25, -0.2) is 24.3 Å². The summed E-state index contributed by atoms with van der Waals surface area (Å²) >= 11 is 0. The molecule has 1 aliphatic carbocycles. The van der Waals surface area contributed by atoms with Crippen molar-refractivity contribution in [3.05, 3.63) is 72.5 Å². The second-order valence-electron chi connectivity index (χ2n) is 7.69. The van der Waals surface area contributed by atoms with Gasteiger partial charge in [-0.05, 0) is 23.3 Å². The van der Waals surface area contributed by atoms with E-state index >= 15 is 0 Å². The molecule has 8 rings (SSSR count). The highest BCUT2D eigenvalue weighted by molar-refractivity contribution is 6.01. The number of aromatic nitrogens is 8. The van der Waals surface area contributed by atoms with E-state index in [0.717, 1.165) is 62.0 Å². The van der Waals surface area contributed by atoms with E-state index in [1.165, 1.54) is 18.5 Å². The van der Waals surface area contributed by atoms with Gasteiger partial charge in [-0.3, -0.25) is 10.1 Å². The summed E-state index contributed by atoms with van der Waals surface area (Å²) in [5.41, 5.74) is 8.79. The van der Waals surface area contributed by atoms with Crippen LogP contribution >= 0.6 is 0 Å². The number of rotatable bonds is 3. The molecule has 0 unspecified atom stereocenters. The Morgan fingerprint density at radius 3 is 2.56 bits per heavy atom. The molecule has 9 heteroatoms. The second-order valence-corrected chi connectivity index (χ2v) is 7.69. The summed E-state index contributed by atoms with van der Waals surface area (Å²) in [6.07, 6.45) is 9.34. The molecule has 1 aromatic carbocycles. The van der Waals surface area contributed by atoms with E-state index in [-0.39, 0.29) is 5.82 Å². The Morgan fingerprint density at radius 1 is 0.875 bits per heavy atom. The van der Waals surface area contributed by atoms with E-state index < -0.39 is 0 Å². The maximum Gasteiger partial charge on any atom is 0.182 e. The lowest BCUT2D eigenvalue weighted by atomic mass is 9.83. The number of H-pyrrole nitrogens is 2. The van der Waals surface area contributed by atoms with Gasteiger partial charge in [0.25, 0.3) is 0 Å². The van der Waals surface area contributed by atoms with Crippen molar-refractivity contribution in [1.29, 1.82) is 0 Å². The van der Waals surface area contributed by atoms with Crippen LogP contribution in [0.2, 0.25) is 0 Å². The molecule has 152 valence electrons. The highest BCUT2D eigenvalue weighted by Crippen LogP contribution is 2.43. The van der Waals surface area contributed by atoms with Gasteiger partial charge in [0.05, 0.1) is 28.3 Å². The van der Waals surface area contributed by atoms with Crippen LogP contribution in [0.3, 0.4) is 0 Å². The van der Waals surface area contributed by atoms with Crippen molar-refractivity contribution in [3.8, 4) is 33.8 Å².